The Labute approximate surface area is 163 Å². The Bertz CT molecular complexity index is 814. The summed E-state index contributed by atoms with van der Waals surface area (Å²) >= 11 is 0. The molecule has 0 bridgehead atoms. The van der Waals surface area contributed by atoms with E-state index in [-0.39, 0.29) is 5.91 Å². The van der Waals surface area contributed by atoms with Gasteiger partial charge in [-0.05, 0) is 37.3 Å². The smallest absolute Gasteiger partial charge is 0.326 e. The minimum Gasteiger partial charge on any atom is -0.454 e. The number of nitrogens with zero attached hydrogens (tertiary/aromatic N) is 1. The number of esters is 1. The number of imide groups is 1. The van der Waals surface area contributed by atoms with Crippen molar-refractivity contribution in [1.82, 2.24) is 10.2 Å². The van der Waals surface area contributed by atoms with Crippen LogP contribution >= 0.6 is 0 Å². The molecule has 0 radical (unpaired) electrons. The van der Waals surface area contributed by atoms with Crippen LogP contribution in [0.5, 0.6) is 0 Å². The fraction of sp³-hybridized carbons (Fsp3) is 0.500. The fourth-order valence-corrected chi connectivity index (χ4v) is 3.84. The van der Waals surface area contributed by atoms with Gasteiger partial charge < -0.3 is 15.4 Å². The first-order valence-electron chi connectivity index (χ1n) is 9.54. The first kappa shape index (κ1) is 19.9. The lowest BCUT2D eigenvalue weighted by Crippen LogP contribution is -2.44. The summed E-state index contributed by atoms with van der Waals surface area (Å²) in [7, 11) is 0. The van der Waals surface area contributed by atoms with Crippen molar-refractivity contribution in [2.75, 3.05) is 18.5 Å². The fourth-order valence-electron chi connectivity index (χ4n) is 3.84. The van der Waals surface area contributed by atoms with Crippen molar-refractivity contribution in [3.63, 3.8) is 0 Å². The Morgan fingerprint density at radius 2 is 1.96 bits per heavy atom. The molecule has 0 aromatic heterocycles. The Hall–Kier alpha value is -2.90. The maximum Gasteiger partial charge on any atom is 0.326 e. The molecule has 4 amide bonds. The zero-order chi connectivity index (χ0) is 20.3. The Kier molecular flexibility index (Phi) is 5.67. The largest absolute Gasteiger partial charge is 0.454 e. The van der Waals surface area contributed by atoms with Gasteiger partial charge in [-0.2, -0.15) is 0 Å². The molecule has 1 spiro atoms. The molecule has 2 N–H and O–H groups in total. The molecule has 1 saturated carbocycles. The van der Waals surface area contributed by atoms with Crippen molar-refractivity contribution in [2.45, 2.75) is 51.5 Å². The topological polar surface area (TPSA) is 105 Å². The van der Waals surface area contributed by atoms with Gasteiger partial charge in [-0.25, -0.2) is 4.79 Å². The predicted octanol–water partition coefficient (Wildman–Crippen LogP) is 1.90. The lowest BCUT2D eigenvalue weighted by atomic mass is 9.98. The molecule has 2 fully saturated rings. The number of anilines is 1. The highest BCUT2D eigenvalue weighted by Crippen LogP contribution is 2.34. The second-order valence-electron chi connectivity index (χ2n) is 7.28. The minimum absolute atomic E-state index is 0.385. The number of benzene rings is 1. The number of hydrogen-bond acceptors (Lipinski definition) is 5. The number of ether oxygens (including phenoxy) is 1. The van der Waals surface area contributed by atoms with E-state index in [0.29, 0.717) is 18.5 Å². The van der Waals surface area contributed by atoms with Crippen LogP contribution in [-0.4, -0.2) is 47.4 Å². The second-order valence-corrected chi connectivity index (χ2v) is 7.28. The quantitative estimate of drug-likeness (QED) is 0.573. The third-order valence-corrected chi connectivity index (χ3v) is 5.36. The summed E-state index contributed by atoms with van der Waals surface area (Å²) in [6.07, 6.45) is 3.65. The van der Waals surface area contributed by atoms with E-state index in [1.54, 1.807) is 0 Å². The summed E-state index contributed by atoms with van der Waals surface area (Å²) in [5, 5.41) is 5.46. The molecular formula is C20H25N3O5. The molecule has 3 rings (SSSR count). The summed E-state index contributed by atoms with van der Waals surface area (Å²) in [5.41, 5.74) is 1.75. The van der Waals surface area contributed by atoms with Crippen molar-refractivity contribution >= 4 is 29.5 Å². The van der Waals surface area contributed by atoms with Crippen LogP contribution in [0.1, 0.15) is 43.7 Å². The molecule has 0 unspecified atom stereocenters. The van der Waals surface area contributed by atoms with Gasteiger partial charge in [0.2, 0.25) is 0 Å². The van der Waals surface area contributed by atoms with Crippen molar-refractivity contribution in [3.8, 4) is 0 Å². The average molecular weight is 387 g/mol. The number of nitrogens with one attached hydrogen (secondary N) is 2. The van der Waals surface area contributed by atoms with Crippen LogP contribution in [0.4, 0.5) is 10.5 Å². The van der Waals surface area contributed by atoms with Crippen molar-refractivity contribution in [3.05, 3.63) is 29.3 Å². The van der Waals surface area contributed by atoms with Crippen LogP contribution in [-0.2, 0) is 25.5 Å². The van der Waals surface area contributed by atoms with E-state index >= 15 is 0 Å². The summed E-state index contributed by atoms with van der Waals surface area (Å²) in [5.74, 6) is -1.65. The number of amides is 4. The first-order valence-corrected chi connectivity index (χ1v) is 9.54. The van der Waals surface area contributed by atoms with E-state index in [1.807, 2.05) is 32.0 Å². The van der Waals surface area contributed by atoms with Crippen LogP contribution in [0.15, 0.2) is 18.2 Å². The van der Waals surface area contributed by atoms with Crippen molar-refractivity contribution < 1.29 is 23.9 Å². The van der Waals surface area contributed by atoms with Gasteiger partial charge in [0.1, 0.15) is 12.1 Å². The molecule has 1 aromatic carbocycles. The summed E-state index contributed by atoms with van der Waals surface area (Å²) in [6, 6.07) is 5.14. The molecule has 8 heteroatoms. The number of carbonyl (C=O) groups is 4. The van der Waals surface area contributed by atoms with Gasteiger partial charge in [0.05, 0.1) is 0 Å². The van der Waals surface area contributed by atoms with Gasteiger partial charge in [-0.3, -0.25) is 19.3 Å². The van der Waals surface area contributed by atoms with E-state index in [9.17, 15) is 19.2 Å². The molecule has 1 aliphatic heterocycles. The Morgan fingerprint density at radius 1 is 1.25 bits per heavy atom. The highest BCUT2D eigenvalue weighted by atomic mass is 16.5. The molecule has 150 valence electrons. The number of para-hydroxylation sites is 1. The highest BCUT2D eigenvalue weighted by molar-refractivity contribution is 6.09. The second kappa shape index (κ2) is 8.00. The molecule has 0 atom stereocenters. The third-order valence-electron chi connectivity index (χ3n) is 5.36. The van der Waals surface area contributed by atoms with Crippen LogP contribution < -0.4 is 10.6 Å². The molecule has 2 aliphatic rings. The maximum absolute atomic E-state index is 12.5. The van der Waals surface area contributed by atoms with E-state index < -0.39 is 36.6 Å². The van der Waals surface area contributed by atoms with Crippen LogP contribution in [0.25, 0.3) is 0 Å². The average Bonchev–Trinajstić information content (AvgIpc) is 3.22. The number of rotatable bonds is 6. The lowest BCUT2D eigenvalue weighted by molar-refractivity contribution is -0.150. The molecule has 1 saturated heterocycles. The Balaban J connectivity index is 1.53. The maximum atomic E-state index is 12.5. The third kappa shape index (κ3) is 3.85. The Morgan fingerprint density at radius 3 is 2.64 bits per heavy atom. The van der Waals surface area contributed by atoms with Crippen LogP contribution in [0, 0.1) is 6.92 Å². The number of carbonyl (C=O) groups excluding carboxylic acids is 4. The first-order chi connectivity index (χ1) is 13.4. The number of urea groups is 1. The summed E-state index contributed by atoms with van der Waals surface area (Å²) in [4.78, 5) is 49.7. The monoisotopic (exact) mass is 387 g/mol. The molecular weight excluding hydrogens is 362 g/mol. The highest BCUT2D eigenvalue weighted by Gasteiger charge is 2.52. The predicted molar refractivity (Wildman–Crippen MR) is 102 cm³/mol. The molecule has 1 aromatic rings. The minimum atomic E-state index is -0.865. The number of hydrogen-bond donors (Lipinski definition) is 2. The van der Waals surface area contributed by atoms with E-state index in [2.05, 4.69) is 10.6 Å². The van der Waals surface area contributed by atoms with E-state index in [0.717, 1.165) is 35.3 Å². The molecule has 28 heavy (non-hydrogen) atoms. The molecule has 8 nitrogen and oxygen atoms in total. The van der Waals surface area contributed by atoms with Gasteiger partial charge in [0.15, 0.2) is 6.61 Å². The van der Waals surface area contributed by atoms with Crippen LogP contribution in [0.3, 0.4) is 0 Å². The zero-order valence-corrected chi connectivity index (χ0v) is 16.2. The van der Waals surface area contributed by atoms with Crippen molar-refractivity contribution in [2.24, 2.45) is 0 Å². The van der Waals surface area contributed by atoms with Gasteiger partial charge in [0, 0.05) is 5.69 Å². The van der Waals surface area contributed by atoms with Gasteiger partial charge in [-0.1, -0.05) is 38.0 Å². The summed E-state index contributed by atoms with van der Waals surface area (Å²) in [6.45, 7) is 2.90. The van der Waals surface area contributed by atoms with E-state index in [1.165, 1.54) is 0 Å². The molecule has 1 aliphatic carbocycles. The van der Waals surface area contributed by atoms with Gasteiger partial charge in [0.25, 0.3) is 11.8 Å². The number of aryl methyl sites for hydroxylation is 2. The van der Waals surface area contributed by atoms with Crippen molar-refractivity contribution in [1.29, 1.82) is 0 Å². The van der Waals surface area contributed by atoms with Gasteiger partial charge >= 0.3 is 12.0 Å². The molecule has 1 heterocycles. The summed E-state index contributed by atoms with van der Waals surface area (Å²) < 4.78 is 4.97. The normalized spacial score (nSPS) is 17.7. The van der Waals surface area contributed by atoms with E-state index in [4.69, 9.17) is 4.74 Å². The SMILES string of the molecule is CCc1cccc(C)c1NC(=O)COC(=O)CN1C(=O)NC2(CCCC2)C1=O. The van der Waals surface area contributed by atoms with Crippen LogP contribution in [0.2, 0.25) is 0 Å². The van der Waals surface area contributed by atoms with Gasteiger partial charge in [-0.15, -0.1) is 0 Å². The lowest BCUT2D eigenvalue weighted by Gasteiger charge is -2.19. The standard InChI is InChI=1S/C20H25N3O5/c1-3-14-8-6-7-13(2)17(14)21-15(24)12-28-16(25)11-23-18(26)20(22-19(23)27)9-4-5-10-20/h6-8H,3-5,9-12H2,1-2H3,(H,21,24)(H,22,27). The zero-order valence-electron chi connectivity index (χ0n) is 16.2.